The molecule has 1 unspecified atom stereocenters. The van der Waals surface area contributed by atoms with Crippen molar-refractivity contribution >= 4 is 44.5 Å². The van der Waals surface area contributed by atoms with Crippen molar-refractivity contribution in [2.24, 2.45) is 0 Å². The minimum Gasteiger partial charge on any atom is -0.369 e. The van der Waals surface area contributed by atoms with E-state index in [0.29, 0.717) is 30.3 Å². The van der Waals surface area contributed by atoms with Crippen molar-refractivity contribution in [3.8, 4) is 11.3 Å². The number of amides is 2. The van der Waals surface area contributed by atoms with E-state index in [-0.39, 0.29) is 22.6 Å². The molecule has 276 valence electrons. The van der Waals surface area contributed by atoms with Crippen molar-refractivity contribution < 1.29 is 18.0 Å². The molecule has 2 aromatic carbocycles. The van der Waals surface area contributed by atoms with Crippen LogP contribution in [0.1, 0.15) is 43.2 Å². The monoisotopic (exact) mass is 736 g/mol. The Morgan fingerprint density at radius 3 is 2.26 bits per heavy atom. The van der Waals surface area contributed by atoms with E-state index in [1.807, 2.05) is 35.1 Å². The van der Waals surface area contributed by atoms with Crippen LogP contribution in [0.25, 0.3) is 16.9 Å². The number of nitrogens with one attached hydrogen (secondary N) is 2. The molecule has 1 atom stereocenters. The van der Waals surface area contributed by atoms with E-state index < -0.39 is 9.84 Å². The van der Waals surface area contributed by atoms with Gasteiger partial charge in [0.25, 0.3) is 0 Å². The van der Waals surface area contributed by atoms with Crippen molar-refractivity contribution in [2.75, 3.05) is 68.8 Å². The molecule has 3 saturated heterocycles. The average molecular weight is 737 g/mol. The third kappa shape index (κ3) is 7.68. The van der Waals surface area contributed by atoms with Crippen LogP contribution in [0.3, 0.4) is 0 Å². The Hall–Kier alpha value is -5.12. The molecule has 3 aliphatic heterocycles. The molecule has 0 saturated carbocycles. The van der Waals surface area contributed by atoms with Gasteiger partial charge in [0.15, 0.2) is 21.3 Å². The molecule has 53 heavy (non-hydrogen) atoms. The Morgan fingerprint density at radius 2 is 1.57 bits per heavy atom. The van der Waals surface area contributed by atoms with Gasteiger partial charge in [0, 0.05) is 94.9 Å². The number of imidazole rings is 1. The van der Waals surface area contributed by atoms with Crippen LogP contribution < -0.4 is 15.5 Å². The van der Waals surface area contributed by atoms with Crippen LogP contribution in [0.5, 0.6) is 0 Å². The second kappa shape index (κ2) is 14.7. The first-order valence-corrected chi connectivity index (χ1v) is 20.1. The first-order valence-electron chi connectivity index (χ1n) is 18.2. The lowest BCUT2D eigenvalue weighted by Gasteiger charge is -2.38. The lowest BCUT2D eigenvalue weighted by atomic mass is 9.90. The van der Waals surface area contributed by atoms with E-state index in [2.05, 4.69) is 52.1 Å². The van der Waals surface area contributed by atoms with Crippen LogP contribution >= 0.6 is 0 Å². The lowest BCUT2D eigenvalue weighted by Crippen LogP contribution is -2.49. The number of hydrogen-bond acceptors (Lipinski definition) is 11. The molecule has 0 spiro atoms. The topological polar surface area (TPSA) is 150 Å². The molecule has 3 aromatic heterocycles. The summed E-state index contributed by atoms with van der Waals surface area (Å²) in [5.41, 5.74) is 5.32. The summed E-state index contributed by atoms with van der Waals surface area (Å²) in [6.07, 6.45) is 13.5. The third-order valence-electron chi connectivity index (χ3n) is 10.8. The predicted molar refractivity (Wildman–Crippen MR) is 202 cm³/mol. The Morgan fingerprint density at radius 1 is 0.849 bits per heavy atom. The van der Waals surface area contributed by atoms with E-state index in [4.69, 9.17) is 5.10 Å². The van der Waals surface area contributed by atoms with E-state index in [9.17, 15) is 18.0 Å². The Kier molecular flexibility index (Phi) is 9.70. The van der Waals surface area contributed by atoms with Crippen LogP contribution in [0, 0.1) is 0 Å². The Bertz CT molecular complexity index is 2200. The van der Waals surface area contributed by atoms with Gasteiger partial charge in [-0.05, 0) is 49.1 Å². The van der Waals surface area contributed by atoms with E-state index in [1.54, 1.807) is 36.7 Å². The summed E-state index contributed by atoms with van der Waals surface area (Å²) < 4.78 is 27.8. The largest absolute Gasteiger partial charge is 0.369 e. The number of carbonyl (C=O) groups excluding carboxylic acids is 2. The summed E-state index contributed by atoms with van der Waals surface area (Å²) in [7, 11) is -3.28. The first-order chi connectivity index (χ1) is 25.7. The van der Waals surface area contributed by atoms with Gasteiger partial charge >= 0.3 is 0 Å². The van der Waals surface area contributed by atoms with Gasteiger partial charge in [0.1, 0.15) is 0 Å². The molecule has 0 bridgehead atoms. The van der Waals surface area contributed by atoms with Gasteiger partial charge in [0.2, 0.25) is 11.8 Å². The van der Waals surface area contributed by atoms with Crippen molar-refractivity contribution in [3.05, 3.63) is 85.1 Å². The average Bonchev–Trinajstić information content (AvgIpc) is 3.86. The zero-order valence-corrected chi connectivity index (χ0v) is 30.6. The SMILES string of the molecule is CS(=O)(=O)c1ccc(-c2cnc(Nc3cnn(C4CCN(CCN5CCN(c6ccc(C7CCC(=O)NC7=O)cc6)CC5)CC4)c3)c3nccn23)cc1. The summed E-state index contributed by atoms with van der Waals surface area (Å²) >= 11 is 0. The second-order valence-corrected chi connectivity index (χ2v) is 16.3. The fourth-order valence-electron chi connectivity index (χ4n) is 7.68. The van der Waals surface area contributed by atoms with E-state index >= 15 is 0 Å². The molecule has 0 radical (unpaired) electrons. The smallest absolute Gasteiger partial charge is 0.234 e. The Balaban J connectivity index is 0.793. The van der Waals surface area contributed by atoms with Crippen molar-refractivity contribution in [2.45, 2.75) is 42.5 Å². The van der Waals surface area contributed by atoms with Gasteiger partial charge in [-0.15, -0.1) is 0 Å². The first kappa shape index (κ1) is 34.9. The van der Waals surface area contributed by atoms with E-state index in [0.717, 1.165) is 87.7 Å². The highest BCUT2D eigenvalue weighted by Crippen LogP contribution is 2.29. The number of carbonyl (C=O) groups is 2. The zero-order chi connectivity index (χ0) is 36.5. The van der Waals surface area contributed by atoms with Gasteiger partial charge in [-0.2, -0.15) is 5.10 Å². The van der Waals surface area contributed by atoms with Gasteiger partial charge in [-0.3, -0.25) is 28.9 Å². The summed E-state index contributed by atoms with van der Waals surface area (Å²) in [5, 5.41) is 10.6. The number of nitrogens with zero attached hydrogens (tertiary/aromatic N) is 8. The normalized spacial score (nSPS) is 19.5. The number of imide groups is 1. The van der Waals surface area contributed by atoms with Gasteiger partial charge < -0.3 is 15.1 Å². The quantitative estimate of drug-likeness (QED) is 0.202. The molecule has 15 heteroatoms. The molecule has 6 heterocycles. The maximum Gasteiger partial charge on any atom is 0.234 e. The second-order valence-electron chi connectivity index (χ2n) is 14.2. The van der Waals surface area contributed by atoms with Gasteiger partial charge in [-0.25, -0.2) is 18.4 Å². The molecule has 5 aromatic rings. The highest BCUT2D eigenvalue weighted by Gasteiger charge is 2.28. The highest BCUT2D eigenvalue weighted by molar-refractivity contribution is 7.90. The number of rotatable bonds is 10. The van der Waals surface area contributed by atoms with Gasteiger partial charge in [0.05, 0.1) is 40.6 Å². The molecular formula is C38H44N10O4S. The van der Waals surface area contributed by atoms with Crippen LogP contribution in [0.15, 0.2) is 84.4 Å². The molecule has 3 fully saturated rings. The standard InChI is InChI=1S/C38H44N10O4S/c1-53(51,52)32-8-4-28(5-9-32)34-25-40-36(37-39-14-17-47(34)37)42-29-24-41-48(26-29)31-12-15-44(16-13-31)18-19-45-20-22-46(23-21-45)30-6-2-27(3-7-30)33-10-11-35(49)43-38(33)50/h2-9,14,17,24-26,31,33H,10-13,15-16,18-23H2,1H3,(H,40,42)(H,43,49,50). The van der Waals surface area contributed by atoms with Gasteiger partial charge in [-0.1, -0.05) is 24.3 Å². The predicted octanol–water partition coefficient (Wildman–Crippen LogP) is 3.72. The third-order valence-corrected chi connectivity index (χ3v) is 11.9. The fraction of sp³-hybridized carbons (Fsp3) is 0.395. The maximum absolute atomic E-state index is 12.3. The zero-order valence-electron chi connectivity index (χ0n) is 29.8. The number of hydrogen-bond donors (Lipinski definition) is 2. The minimum atomic E-state index is -3.28. The number of anilines is 3. The summed E-state index contributed by atoms with van der Waals surface area (Å²) in [5.74, 6) is -0.00262. The molecule has 2 amide bonds. The number of likely N-dealkylation sites (tertiary alicyclic amines) is 1. The molecule has 14 nitrogen and oxygen atoms in total. The number of benzene rings is 2. The molecule has 0 aliphatic carbocycles. The summed E-state index contributed by atoms with van der Waals surface area (Å²) in [4.78, 5) is 40.8. The molecule has 3 aliphatic rings. The van der Waals surface area contributed by atoms with Crippen LogP contribution in [0.4, 0.5) is 17.2 Å². The summed E-state index contributed by atoms with van der Waals surface area (Å²) in [6.45, 7) is 8.19. The van der Waals surface area contributed by atoms with Crippen molar-refractivity contribution in [1.29, 1.82) is 0 Å². The number of piperidine rings is 2. The lowest BCUT2D eigenvalue weighted by molar-refractivity contribution is -0.134. The molecular weight excluding hydrogens is 693 g/mol. The molecule has 2 N–H and O–H groups in total. The highest BCUT2D eigenvalue weighted by atomic mass is 32.2. The van der Waals surface area contributed by atoms with Crippen LogP contribution in [0.2, 0.25) is 0 Å². The van der Waals surface area contributed by atoms with Crippen molar-refractivity contribution in [1.82, 2.24) is 39.3 Å². The minimum absolute atomic E-state index is 0.182. The van der Waals surface area contributed by atoms with Crippen LogP contribution in [-0.4, -0.2) is 113 Å². The maximum atomic E-state index is 12.3. The number of fused-ring (bicyclic) bond motifs is 1. The summed E-state index contributed by atoms with van der Waals surface area (Å²) in [6, 6.07) is 15.4. The Labute approximate surface area is 308 Å². The van der Waals surface area contributed by atoms with E-state index in [1.165, 1.54) is 11.9 Å². The fourth-order valence-corrected chi connectivity index (χ4v) is 8.31. The molecule has 8 rings (SSSR count). The number of aromatic nitrogens is 5. The van der Waals surface area contributed by atoms with Crippen LogP contribution in [-0.2, 0) is 19.4 Å². The number of piperazine rings is 1. The van der Waals surface area contributed by atoms with Crippen molar-refractivity contribution in [3.63, 3.8) is 0 Å². The number of sulfone groups is 1.